The Kier molecular flexibility index (Phi) is 22.5. The minimum atomic E-state index is 1.12. The van der Waals surface area contributed by atoms with Gasteiger partial charge in [0.15, 0.2) is 0 Å². The quantitative estimate of drug-likeness (QED) is 0.154. The average molecular weight is 336 g/mol. The first-order valence-electron chi connectivity index (χ1n) is 11.4. The van der Waals surface area contributed by atoms with Crippen LogP contribution in [0.15, 0.2) is 12.2 Å². The van der Waals surface area contributed by atoms with Crippen molar-refractivity contribution in [1.82, 2.24) is 0 Å². The zero-order valence-corrected chi connectivity index (χ0v) is 17.0. The second-order valence-corrected chi connectivity index (χ2v) is 7.56. The van der Waals surface area contributed by atoms with Gasteiger partial charge in [0, 0.05) is 0 Å². The van der Waals surface area contributed by atoms with Crippen molar-refractivity contribution in [2.24, 2.45) is 0 Å². The van der Waals surface area contributed by atoms with E-state index in [9.17, 15) is 0 Å². The van der Waals surface area contributed by atoms with Crippen molar-refractivity contribution in [3.05, 3.63) is 19.1 Å². The van der Waals surface area contributed by atoms with Gasteiger partial charge in [0.1, 0.15) is 0 Å². The molecule has 0 atom stereocenters. The Morgan fingerprint density at radius 3 is 1.17 bits per heavy atom. The summed E-state index contributed by atoms with van der Waals surface area (Å²) < 4.78 is 0. The maximum atomic E-state index is 3.90. The summed E-state index contributed by atoms with van der Waals surface area (Å²) in [4.78, 5) is 0. The summed E-state index contributed by atoms with van der Waals surface area (Å²) in [5.41, 5.74) is 0. The molecule has 0 aliphatic rings. The standard InChI is InChI=1S/C24H47/c1-3-5-7-9-11-13-15-17-19-21-23-24-22-20-18-16-14-12-10-8-6-4-2/h23-24H,1,3-22H2,2H3/b24-23+. The molecule has 0 nitrogen and oxygen atoms in total. The molecule has 0 aliphatic heterocycles. The molecule has 0 bridgehead atoms. The molecule has 0 saturated heterocycles. The first-order chi connectivity index (χ1) is 11.9. The predicted octanol–water partition coefficient (Wildman–Crippen LogP) is 9.20. The lowest BCUT2D eigenvalue weighted by Gasteiger charge is -2.01. The van der Waals surface area contributed by atoms with Crippen LogP contribution in [0.4, 0.5) is 0 Å². The fourth-order valence-electron chi connectivity index (χ4n) is 3.31. The van der Waals surface area contributed by atoms with Crippen molar-refractivity contribution in [2.75, 3.05) is 0 Å². The molecule has 0 fully saturated rings. The van der Waals surface area contributed by atoms with Crippen LogP contribution in [0.5, 0.6) is 0 Å². The Labute approximate surface area is 154 Å². The minimum Gasteiger partial charge on any atom is -0.0885 e. The second kappa shape index (κ2) is 22.7. The minimum absolute atomic E-state index is 1.12. The first kappa shape index (κ1) is 23.7. The normalized spacial score (nSPS) is 11.6. The maximum Gasteiger partial charge on any atom is -0.0351 e. The summed E-state index contributed by atoms with van der Waals surface area (Å²) >= 11 is 0. The van der Waals surface area contributed by atoms with Gasteiger partial charge in [-0.2, -0.15) is 0 Å². The van der Waals surface area contributed by atoms with E-state index in [1.165, 1.54) is 122 Å². The Morgan fingerprint density at radius 2 is 0.792 bits per heavy atom. The molecule has 0 aliphatic carbocycles. The highest BCUT2D eigenvalue weighted by Crippen LogP contribution is 2.12. The summed E-state index contributed by atoms with van der Waals surface area (Å²) in [6, 6.07) is 0. The molecule has 0 saturated carbocycles. The van der Waals surface area contributed by atoms with Gasteiger partial charge in [-0.3, -0.25) is 0 Å². The number of rotatable bonds is 20. The summed E-state index contributed by atoms with van der Waals surface area (Å²) in [6.07, 6.45) is 32.8. The van der Waals surface area contributed by atoms with E-state index in [4.69, 9.17) is 0 Å². The number of hydrogen-bond acceptors (Lipinski definition) is 0. The Morgan fingerprint density at radius 1 is 0.458 bits per heavy atom. The smallest absolute Gasteiger partial charge is 0.0351 e. The summed E-state index contributed by atoms with van der Waals surface area (Å²) in [5, 5.41) is 0. The molecule has 1 radical (unpaired) electrons. The molecule has 0 spiro atoms. The van der Waals surface area contributed by atoms with Crippen LogP contribution in [0, 0.1) is 6.92 Å². The molecule has 24 heavy (non-hydrogen) atoms. The molecule has 0 rings (SSSR count). The van der Waals surface area contributed by atoms with Crippen molar-refractivity contribution < 1.29 is 0 Å². The van der Waals surface area contributed by atoms with Gasteiger partial charge in [-0.05, 0) is 25.7 Å². The number of allylic oxidation sites excluding steroid dienone is 2. The van der Waals surface area contributed by atoms with Crippen molar-refractivity contribution in [2.45, 2.75) is 135 Å². The fourth-order valence-corrected chi connectivity index (χ4v) is 3.31. The highest BCUT2D eigenvalue weighted by atomic mass is 14.0. The zero-order valence-electron chi connectivity index (χ0n) is 17.0. The van der Waals surface area contributed by atoms with Crippen molar-refractivity contribution in [3.8, 4) is 0 Å². The van der Waals surface area contributed by atoms with Gasteiger partial charge < -0.3 is 0 Å². The molecular formula is C24H47. The summed E-state index contributed by atoms with van der Waals surface area (Å²) in [6.45, 7) is 6.19. The van der Waals surface area contributed by atoms with E-state index < -0.39 is 0 Å². The molecule has 0 amide bonds. The van der Waals surface area contributed by atoms with E-state index in [1.807, 2.05) is 0 Å². The van der Waals surface area contributed by atoms with E-state index in [2.05, 4.69) is 26.0 Å². The van der Waals surface area contributed by atoms with Gasteiger partial charge in [0.25, 0.3) is 0 Å². The van der Waals surface area contributed by atoms with Crippen LogP contribution in [-0.4, -0.2) is 0 Å². The van der Waals surface area contributed by atoms with E-state index in [1.54, 1.807) is 0 Å². The van der Waals surface area contributed by atoms with Crippen molar-refractivity contribution >= 4 is 0 Å². The van der Waals surface area contributed by atoms with Crippen molar-refractivity contribution in [1.29, 1.82) is 0 Å². The molecule has 0 N–H and O–H groups in total. The van der Waals surface area contributed by atoms with Crippen molar-refractivity contribution in [3.63, 3.8) is 0 Å². The largest absolute Gasteiger partial charge is 0.0885 e. The fraction of sp³-hybridized carbons (Fsp3) is 0.875. The molecule has 0 aromatic heterocycles. The molecule has 143 valence electrons. The van der Waals surface area contributed by atoms with Gasteiger partial charge in [-0.25, -0.2) is 0 Å². The number of hydrogen-bond donors (Lipinski definition) is 0. The predicted molar refractivity (Wildman–Crippen MR) is 113 cm³/mol. The third-order valence-electron chi connectivity index (χ3n) is 5.01. The lowest BCUT2D eigenvalue weighted by atomic mass is 10.1. The van der Waals surface area contributed by atoms with E-state index in [0.29, 0.717) is 0 Å². The lowest BCUT2D eigenvalue weighted by molar-refractivity contribution is 0.565. The number of unbranched alkanes of at least 4 members (excludes halogenated alkanes) is 18. The van der Waals surface area contributed by atoms with Crippen LogP contribution in [0.1, 0.15) is 135 Å². The third-order valence-corrected chi connectivity index (χ3v) is 5.01. The van der Waals surface area contributed by atoms with E-state index in [-0.39, 0.29) is 0 Å². The highest BCUT2D eigenvalue weighted by molar-refractivity contribution is 4.81. The molecular weight excluding hydrogens is 288 g/mol. The van der Waals surface area contributed by atoms with Crippen LogP contribution in [0.3, 0.4) is 0 Å². The average Bonchev–Trinajstić information content (AvgIpc) is 2.60. The summed E-state index contributed by atoms with van der Waals surface area (Å²) in [7, 11) is 0. The highest BCUT2D eigenvalue weighted by Gasteiger charge is 1.92. The maximum absolute atomic E-state index is 3.90. The Hall–Kier alpha value is -0.260. The van der Waals surface area contributed by atoms with Crippen LogP contribution < -0.4 is 0 Å². The van der Waals surface area contributed by atoms with E-state index in [0.717, 1.165) is 6.42 Å². The summed E-state index contributed by atoms with van der Waals surface area (Å²) in [5.74, 6) is 0. The SMILES string of the molecule is [CH2]CCCCCCCCCC/C=C/CCCCCCCCCCC. The van der Waals surface area contributed by atoms with Gasteiger partial charge in [-0.15, -0.1) is 0 Å². The van der Waals surface area contributed by atoms with Gasteiger partial charge in [-0.1, -0.05) is 129 Å². The second-order valence-electron chi connectivity index (χ2n) is 7.56. The first-order valence-corrected chi connectivity index (χ1v) is 11.4. The van der Waals surface area contributed by atoms with Crippen LogP contribution in [0.25, 0.3) is 0 Å². The van der Waals surface area contributed by atoms with Crippen LogP contribution >= 0.6 is 0 Å². The molecule has 0 heteroatoms. The molecule has 0 heterocycles. The topological polar surface area (TPSA) is 0 Å². The van der Waals surface area contributed by atoms with Crippen LogP contribution in [-0.2, 0) is 0 Å². The lowest BCUT2D eigenvalue weighted by Crippen LogP contribution is -1.81. The molecule has 0 aromatic rings. The van der Waals surface area contributed by atoms with Gasteiger partial charge in [0.2, 0.25) is 0 Å². The monoisotopic (exact) mass is 335 g/mol. The zero-order chi connectivity index (χ0) is 17.6. The molecule has 0 aromatic carbocycles. The van der Waals surface area contributed by atoms with Gasteiger partial charge >= 0.3 is 0 Å². The van der Waals surface area contributed by atoms with Crippen LogP contribution in [0.2, 0.25) is 0 Å². The Bertz CT molecular complexity index is 204. The Balaban J connectivity index is 3.04. The molecule has 0 unspecified atom stereocenters. The third kappa shape index (κ3) is 21.7. The van der Waals surface area contributed by atoms with Gasteiger partial charge in [0.05, 0.1) is 0 Å². The van der Waals surface area contributed by atoms with E-state index >= 15 is 0 Å².